The number of rotatable bonds is 7. The number of halogens is 2. The van der Waals surface area contributed by atoms with Gasteiger partial charge in [-0.2, -0.15) is 0 Å². The molecule has 2 aromatic rings. The van der Waals surface area contributed by atoms with E-state index in [9.17, 15) is 4.79 Å². The quantitative estimate of drug-likeness (QED) is 0.680. The third kappa shape index (κ3) is 4.72. The summed E-state index contributed by atoms with van der Waals surface area (Å²) in [5, 5.41) is 1.19. The summed E-state index contributed by atoms with van der Waals surface area (Å²) >= 11 is 12.7. The van der Waals surface area contributed by atoms with Gasteiger partial charge in [0.05, 0.1) is 6.54 Å². The van der Waals surface area contributed by atoms with E-state index >= 15 is 0 Å². The Balaban J connectivity index is 2.30. The molecule has 6 heteroatoms. The molecule has 0 amide bonds. The van der Waals surface area contributed by atoms with Crippen LogP contribution in [0.25, 0.3) is 0 Å². The number of esters is 1. The molecule has 0 fully saturated rings. The lowest BCUT2D eigenvalue weighted by molar-refractivity contribution is -0.142. The van der Waals surface area contributed by atoms with Gasteiger partial charge in [-0.3, -0.25) is 4.79 Å². The van der Waals surface area contributed by atoms with Gasteiger partial charge in [-0.05, 0) is 18.1 Å². The molecule has 0 aliphatic rings. The van der Waals surface area contributed by atoms with Gasteiger partial charge in [0, 0.05) is 18.4 Å². The summed E-state index contributed by atoms with van der Waals surface area (Å²) in [6, 6.07) is 7.66. The molecule has 0 spiro atoms. The fraction of sp³-hybridized carbons (Fsp3) is 0.412. The van der Waals surface area contributed by atoms with Crippen LogP contribution in [0.3, 0.4) is 0 Å². The van der Waals surface area contributed by atoms with Crippen LogP contribution in [-0.2, 0) is 29.1 Å². The van der Waals surface area contributed by atoms with Gasteiger partial charge in [0.2, 0.25) is 0 Å². The predicted molar refractivity (Wildman–Crippen MR) is 91.9 cm³/mol. The number of carbonyl (C=O) groups excluding carboxylic acids is 1. The second-order valence-corrected chi connectivity index (χ2v) is 6.09. The van der Waals surface area contributed by atoms with Crippen LogP contribution in [0.1, 0.15) is 43.8 Å². The van der Waals surface area contributed by atoms with E-state index < -0.39 is 0 Å². The zero-order valence-corrected chi connectivity index (χ0v) is 14.8. The molecule has 2 rings (SSSR count). The number of nitrogens with zero attached hydrogens (tertiary/aromatic N) is 2. The van der Waals surface area contributed by atoms with Crippen molar-refractivity contribution in [1.29, 1.82) is 0 Å². The maximum atomic E-state index is 11.0. The van der Waals surface area contributed by atoms with Crippen molar-refractivity contribution < 1.29 is 9.53 Å². The minimum Gasteiger partial charge on any atom is -0.459 e. The number of ether oxygens (including phenoxy) is 1. The molecule has 0 saturated carbocycles. The number of hydrogen-bond acceptors (Lipinski definition) is 3. The number of unbranched alkanes of at least 4 members (excludes halogenated alkanes) is 1. The molecule has 0 aliphatic heterocycles. The lowest BCUT2D eigenvalue weighted by Gasteiger charge is -2.10. The van der Waals surface area contributed by atoms with Crippen molar-refractivity contribution in [3.05, 3.63) is 51.5 Å². The van der Waals surface area contributed by atoms with Crippen molar-refractivity contribution in [3.8, 4) is 0 Å². The van der Waals surface area contributed by atoms with Gasteiger partial charge in [0.25, 0.3) is 0 Å². The Labute approximate surface area is 146 Å². The predicted octanol–water partition coefficient (Wildman–Crippen LogP) is 4.64. The highest BCUT2D eigenvalue weighted by Gasteiger charge is 2.17. The zero-order chi connectivity index (χ0) is 16.8. The van der Waals surface area contributed by atoms with Gasteiger partial charge in [0.15, 0.2) is 0 Å². The standard InChI is InChI=1S/C17H20Cl2N2O2/c1-3-4-9-16-20-15(11-23-12(2)22)17(19)21(16)10-13-7-5-6-8-14(13)18/h5-8H,3-4,9-11H2,1-2H3. The van der Waals surface area contributed by atoms with Crippen LogP contribution in [0, 0.1) is 0 Å². The Morgan fingerprint density at radius 3 is 2.70 bits per heavy atom. The molecule has 1 aromatic carbocycles. The van der Waals surface area contributed by atoms with Gasteiger partial charge in [0.1, 0.15) is 23.3 Å². The molecule has 23 heavy (non-hydrogen) atoms. The average Bonchev–Trinajstić information content (AvgIpc) is 2.81. The van der Waals surface area contributed by atoms with E-state index in [4.69, 9.17) is 27.9 Å². The number of aromatic nitrogens is 2. The van der Waals surface area contributed by atoms with Crippen LogP contribution in [0.15, 0.2) is 24.3 Å². The van der Waals surface area contributed by atoms with E-state index in [1.807, 2.05) is 28.8 Å². The third-order valence-electron chi connectivity index (χ3n) is 3.50. The number of carbonyl (C=O) groups is 1. The summed E-state index contributed by atoms with van der Waals surface area (Å²) in [4.78, 5) is 15.6. The Kier molecular flexibility index (Phi) is 6.48. The highest BCUT2D eigenvalue weighted by Crippen LogP contribution is 2.24. The van der Waals surface area contributed by atoms with Crippen LogP contribution in [0.4, 0.5) is 0 Å². The highest BCUT2D eigenvalue weighted by molar-refractivity contribution is 6.31. The average molecular weight is 355 g/mol. The summed E-state index contributed by atoms with van der Waals surface area (Å²) in [5.41, 5.74) is 1.56. The smallest absolute Gasteiger partial charge is 0.303 e. The van der Waals surface area contributed by atoms with Gasteiger partial charge in [-0.1, -0.05) is 54.7 Å². The first-order valence-corrected chi connectivity index (χ1v) is 8.39. The molecule has 0 N–H and O–H groups in total. The Bertz CT molecular complexity index is 683. The lowest BCUT2D eigenvalue weighted by atomic mass is 10.2. The molecule has 1 aromatic heterocycles. The number of benzene rings is 1. The summed E-state index contributed by atoms with van der Waals surface area (Å²) in [6.45, 7) is 4.13. The first kappa shape index (κ1) is 17.8. The van der Waals surface area contributed by atoms with Crippen LogP contribution in [0.5, 0.6) is 0 Å². The van der Waals surface area contributed by atoms with Gasteiger partial charge in [-0.25, -0.2) is 4.98 Å². The summed E-state index contributed by atoms with van der Waals surface area (Å²) in [6.07, 6.45) is 2.90. The van der Waals surface area contributed by atoms with E-state index in [0.717, 1.165) is 30.7 Å². The summed E-state index contributed by atoms with van der Waals surface area (Å²) in [5.74, 6) is 0.538. The molecule has 124 valence electrons. The van der Waals surface area contributed by atoms with Crippen molar-refractivity contribution in [3.63, 3.8) is 0 Å². The van der Waals surface area contributed by atoms with E-state index in [-0.39, 0.29) is 12.6 Å². The minimum absolute atomic E-state index is 0.0861. The third-order valence-corrected chi connectivity index (χ3v) is 4.29. The summed E-state index contributed by atoms with van der Waals surface area (Å²) < 4.78 is 6.97. The SMILES string of the molecule is CCCCc1nc(COC(C)=O)c(Cl)n1Cc1ccccc1Cl. The second kappa shape index (κ2) is 8.37. The van der Waals surface area contributed by atoms with Crippen molar-refractivity contribution in [2.45, 2.75) is 46.3 Å². The summed E-state index contributed by atoms with van der Waals surface area (Å²) in [7, 11) is 0. The normalized spacial score (nSPS) is 10.8. The monoisotopic (exact) mass is 354 g/mol. The van der Waals surface area contributed by atoms with Crippen molar-refractivity contribution in [1.82, 2.24) is 9.55 Å². The molecule has 0 atom stereocenters. The minimum atomic E-state index is -0.350. The maximum absolute atomic E-state index is 11.0. The number of aryl methyl sites for hydroxylation is 1. The van der Waals surface area contributed by atoms with E-state index in [1.165, 1.54) is 6.92 Å². The largest absolute Gasteiger partial charge is 0.459 e. The Hall–Kier alpha value is -1.52. The fourth-order valence-corrected chi connectivity index (χ4v) is 2.73. The first-order valence-electron chi connectivity index (χ1n) is 7.63. The van der Waals surface area contributed by atoms with Crippen LogP contribution < -0.4 is 0 Å². The Morgan fingerprint density at radius 2 is 2.04 bits per heavy atom. The topological polar surface area (TPSA) is 44.1 Å². The molecule has 0 bridgehead atoms. The molecular formula is C17H20Cl2N2O2. The van der Waals surface area contributed by atoms with Gasteiger partial charge in [-0.15, -0.1) is 0 Å². The van der Waals surface area contributed by atoms with Crippen LogP contribution in [0.2, 0.25) is 10.2 Å². The van der Waals surface area contributed by atoms with Gasteiger partial charge < -0.3 is 9.30 Å². The number of hydrogen-bond donors (Lipinski definition) is 0. The highest BCUT2D eigenvalue weighted by atomic mass is 35.5. The molecule has 0 unspecified atom stereocenters. The van der Waals surface area contributed by atoms with Gasteiger partial charge >= 0.3 is 5.97 Å². The first-order chi connectivity index (χ1) is 11.0. The van der Waals surface area contributed by atoms with Crippen molar-refractivity contribution in [2.75, 3.05) is 0 Å². The van der Waals surface area contributed by atoms with Crippen molar-refractivity contribution in [2.24, 2.45) is 0 Å². The zero-order valence-electron chi connectivity index (χ0n) is 13.3. The maximum Gasteiger partial charge on any atom is 0.303 e. The Morgan fingerprint density at radius 1 is 1.30 bits per heavy atom. The molecule has 0 radical (unpaired) electrons. The van der Waals surface area contributed by atoms with Crippen molar-refractivity contribution >= 4 is 29.2 Å². The van der Waals surface area contributed by atoms with Crippen LogP contribution in [-0.4, -0.2) is 15.5 Å². The van der Waals surface area contributed by atoms with Crippen LogP contribution >= 0.6 is 23.2 Å². The molecule has 1 heterocycles. The molecule has 0 aliphatic carbocycles. The van der Waals surface area contributed by atoms with E-state index in [2.05, 4.69) is 11.9 Å². The lowest BCUT2D eigenvalue weighted by Crippen LogP contribution is -2.06. The molecule has 0 saturated heterocycles. The molecule has 4 nitrogen and oxygen atoms in total. The number of imidazole rings is 1. The second-order valence-electron chi connectivity index (χ2n) is 5.33. The van der Waals surface area contributed by atoms with E-state index in [1.54, 1.807) is 0 Å². The fourth-order valence-electron chi connectivity index (χ4n) is 2.28. The van der Waals surface area contributed by atoms with E-state index in [0.29, 0.717) is 22.4 Å². The molecular weight excluding hydrogens is 335 g/mol.